The summed E-state index contributed by atoms with van der Waals surface area (Å²) in [6.45, 7) is 0.249. The fourth-order valence-electron chi connectivity index (χ4n) is 3.29. The molecule has 8 heteroatoms. The van der Waals surface area contributed by atoms with Crippen LogP contribution < -0.4 is 5.32 Å². The molecule has 0 aliphatic rings. The number of hydrogen-bond donors (Lipinski definition) is 1. The van der Waals surface area contributed by atoms with Crippen LogP contribution in [0.3, 0.4) is 0 Å². The lowest BCUT2D eigenvalue weighted by atomic mass is 10.1. The van der Waals surface area contributed by atoms with Crippen molar-refractivity contribution in [3.63, 3.8) is 0 Å². The molecule has 1 amide bonds. The number of nitrogens with one attached hydrogen (secondary N) is 1. The maximum Gasteiger partial charge on any atom is 0.242 e. The molecule has 164 valence electrons. The number of sulfonamides is 1. The number of thiazole rings is 1. The number of benzene rings is 3. The number of rotatable bonds is 7. The summed E-state index contributed by atoms with van der Waals surface area (Å²) >= 11 is 1.51. The molecule has 1 N–H and O–H groups in total. The van der Waals surface area contributed by atoms with Crippen molar-refractivity contribution in [2.45, 2.75) is 17.9 Å². The maximum absolute atomic E-state index is 12.5. The molecule has 0 aliphatic heterocycles. The molecule has 4 aromatic rings. The van der Waals surface area contributed by atoms with Crippen molar-refractivity contribution in [3.8, 4) is 11.1 Å². The Balaban J connectivity index is 1.42. The van der Waals surface area contributed by atoms with Crippen molar-refractivity contribution in [1.29, 1.82) is 0 Å². The average Bonchev–Trinajstić information content (AvgIpc) is 3.19. The highest BCUT2D eigenvalue weighted by Gasteiger charge is 2.17. The number of amides is 1. The zero-order chi connectivity index (χ0) is 22.7. The van der Waals surface area contributed by atoms with Gasteiger partial charge in [0.25, 0.3) is 0 Å². The van der Waals surface area contributed by atoms with Gasteiger partial charge >= 0.3 is 0 Å². The smallest absolute Gasteiger partial charge is 0.242 e. The van der Waals surface area contributed by atoms with E-state index >= 15 is 0 Å². The summed E-state index contributed by atoms with van der Waals surface area (Å²) in [5, 5.41) is 3.60. The Morgan fingerprint density at radius 2 is 1.75 bits per heavy atom. The van der Waals surface area contributed by atoms with Crippen molar-refractivity contribution >= 4 is 37.5 Å². The molecule has 0 saturated carbocycles. The second kappa shape index (κ2) is 9.20. The summed E-state index contributed by atoms with van der Waals surface area (Å²) in [7, 11) is -0.531. The minimum Gasteiger partial charge on any atom is -0.352 e. The van der Waals surface area contributed by atoms with Crippen LogP contribution in [-0.4, -0.2) is 37.7 Å². The highest BCUT2D eigenvalue weighted by molar-refractivity contribution is 7.89. The zero-order valence-corrected chi connectivity index (χ0v) is 19.4. The quantitative estimate of drug-likeness (QED) is 0.446. The molecule has 0 fully saturated rings. The fourth-order valence-corrected chi connectivity index (χ4v) is 5.26. The van der Waals surface area contributed by atoms with Crippen LogP contribution in [0.2, 0.25) is 0 Å². The molecule has 0 aliphatic carbocycles. The Morgan fingerprint density at radius 3 is 2.50 bits per heavy atom. The van der Waals surface area contributed by atoms with E-state index in [0.29, 0.717) is 0 Å². The van der Waals surface area contributed by atoms with Gasteiger partial charge in [0.05, 0.1) is 21.5 Å². The Bertz CT molecular complexity index is 1360. The van der Waals surface area contributed by atoms with Crippen LogP contribution >= 0.6 is 11.3 Å². The number of fused-ring (bicyclic) bond motifs is 1. The molecule has 0 bridgehead atoms. The van der Waals surface area contributed by atoms with Gasteiger partial charge in [-0.2, -0.15) is 0 Å². The van der Waals surface area contributed by atoms with Gasteiger partial charge in [0.15, 0.2) is 0 Å². The van der Waals surface area contributed by atoms with Crippen molar-refractivity contribution in [2.24, 2.45) is 0 Å². The SMILES string of the molecule is CN(C)S(=O)(=O)c1cccc(CNC(=O)Cc2nc3ccc(-c4ccccc4)cc3s2)c1. The Labute approximate surface area is 191 Å². The Kier molecular flexibility index (Phi) is 6.36. The number of hydrogen-bond acceptors (Lipinski definition) is 5. The van der Waals surface area contributed by atoms with Gasteiger partial charge in [-0.05, 0) is 41.0 Å². The van der Waals surface area contributed by atoms with Gasteiger partial charge in [-0.15, -0.1) is 11.3 Å². The third-order valence-electron chi connectivity index (χ3n) is 5.02. The van der Waals surface area contributed by atoms with Crippen LogP contribution in [-0.2, 0) is 27.8 Å². The first-order chi connectivity index (χ1) is 15.3. The topological polar surface area (TPSA) is 79.4 Å². The van der Waals surface area contributed by atoms with Gasteiger partial charge < -0.3 is 5.32 Å². The lowest BCUT2D eigenvalue weighted by Crippen LogP contribution is -2.25. The number of nitrogens with zero attached hydrogens (tertiary/aromatic N) is 2. The van der Waals surface area contributed by atoms with Gasteiger partial charge in [-0.1, -0.05) is 48.5 Å². The van der Waals surface area contributed by atoms with E-state index < -0.39 is 10.0 Å². The van der Waals surface area contributed by atoms with Gasteiger partial charge in [-0.3, -0.25) is 4.79 Å². The van der Waals surface area contributed by atoms with E-state index in [1.54, 1.807) is 24.3 Å². The summed E-state index contributed by atoms with van der Waals surface area (Å²) < 4.78 is 26.8. The lowest BCUT2D eigenvalue weighted by Gasteiger charge is -2.12. The van der Waals surface area contributed by atoms with Crippen LogP contribution in [0.5, 0.6) is 0 Å². The summed E-state index contributed by atoms with van der Waals surface area (Å²) in [6.07, 6.45) is 0.176. The molecule has 6 nitrogen and oxygen atoms in total. The van der Waals surface area contributed by atoms with Gasteiger partial charge in [0.1, 0.15) is 5.01 Å². The number of carbonyl (C=O) groups excluding carboxylic acids is 1. The van der Waals surface area contributed by atoms with Gasteiger partial charge in [0.2, 0.25) is 15.9 Å². The molecule has 0 spiro atoms. The molecule has 0 atom stereocenters. The first-order valence-corrected chi connectivity index (χ1v) is 12.3. The summed E-state index contributed by atoms with van der Waals surface area (Å²) in [5.74, 6) is -0.159. The van der Waals surface area contributed by atoms with Crippen LogP contribution in [0.4, 0.5) is 0 Å². The standard InChI is InChI=1S/C24H23N3O3S2/c1-27(2)32(29,30)20-10-6-7-17(13-20)16-25-23(28)15-24-26-21-12-11-19(14-22(21)31-24)18-8-4-3-5-9-18/h3-14H,15-16H2,1-2H3,(H,25,28). The normalized spacial score (nSPS) is 11.7. The van der Waals surface area contributed by atoms with Gasteiger partial charge in [0, 0.05) is 20.6 Å². The van der Waals surface area contributed by atoms with Crippen molar-refractivity contribution in [2.75, 3.05) is 14.1 Å². The molecule has 0 saturated heterocycles. The molecule has 4 rings (SSSR count). The monoisotopic (exact) mass is 465 g/mol. The van der Waals surface area contributed by atoms with Crippen molar-refractivity contribution in [3.05, 3.63) is 83.4 Å². The van der Waals surface area contributed by atoms with E-state index in [4.69, 9.17) is 0 Å². The first-order valence-electron chi connectivity index (χ1n) is 10.1. The second-order valence-electron chi connectivity index (χ2n) is 7.54. The summed E-state index contributed by atoms with van der Waals surface area (Å²) in [4.78, 5) is 17.3. The molecule has 1 heterocycles. The molecular formula is C24H23N3O3S2. The molecule has 1 aromatic heterocycles. The Morgan fingerprint density at radius 1 is 0.969 bits per heavy atom. The molecular weight excluding hydrogens is 442 g/mol. The van der Waals surface area contributed by atoms with Crippen LogP contribution in [0.15, 0.2) is 77.7 Å². The Hall–Kier alpha value is -3.07. The minimum atomic E-state index is -3.51. The highest BCUT2D eigenvalue weighted by atomic mass is 32.2. The zero-order valence-electron chi connectivity index (χ0n) is 17.8. The summed E-state index contributed by atoms with van der Waals surface area (Å²) in [5.41, 5.74) is 3.85. The number of carbonyl (C=O) groups is 1. The second-order valence-corrected chi connectivity index (χ2v) is 10.8. The fraction of sp³-hybridized carbons (Fsp3) is 0.167. The van der Waals surface area contributed by atoms with E-state index in [9.17, 15) is 13.2 Å². The summed E-state index contributed by atoms with van der Waals surface area (Å²) in [6, 6.07) is 22.8. The molecule has 32 heavy (non-hydrogen) atoms. The van der Waals surface area contributed by atoms with Crippen LogP contribution in [0.25, 0.3) is 21.3 Å². The van der Waals surface area contributed by atoms with Crippen molar-refractivity contribution in [1.82, 2.24) is 14.6 Å². The first kappa shape index (κ1) is 22.1. The van der Waals surface area contributed by atoms with E-state index in [2.05, 4.69) is 28.5 Å². The predicted octanol–water partition coefficient (Wildman–Crippen LogP) is 4.07. The van der Waals surface area contributed by atoms with E-state index in [-0.39, 0.29) is 23.8 Å². The molecule has 0 unspecified atom stereocenters. The van der Waals surface area contributed by atoms with E-state index in [1.165, 1.54) is 29.7 Å². The average molecular weight is 466 g/mol. The van der Waals surface area contributed by atoms with Crippen LogP contribution in [0, 0.1) is 0 Å². The lowest BCUT2D eigenvalue weighted by molar-refractivity contribution is -0.120. The van der Waals surface area contributed by atoms with E-state index in [0.717, 1.165) is 31.9 Å². The molecule has 3 aromatic carbocycles. The molecule has 0 radical (unpaired) electrons. The predicted molar refractivity (Wildman–Crippen MR) is 128 cm³/mol. The third-order valence-corrected chi connectivity index (χ3v) is 7.85. The third kappa shape index (κ3) is 4.88. The largest absolute Gasteiger partial charge is 0.352 e. The maximum atomic E-state index is 12.5. The van der Waals surface area contributed by atoms with E-state index in [1.807, 2.05) is 30.3 Å². The van der Waals surface area contributed by atoms with Crippen LogP contribution in [0.1, 0.15) is 10.6 Å². The van der Waals surface area contributed by atoms with Crippen molar-refractivity contribution < 1.29 is 13.2 Å². The minimum absolute atomic E-state index is 0.159. The number of aromatic nitrogens is 1. The highest BCUT2D eigenvalue weighted by Crippen LogP contribution is 2.28. The van der Waals surface area contributed by atoms with Gasteiger partial charge in [-0.25, -0.2) is 17.7 Å².